The van der Waals surface area contributed by atoms with Gasteiger partial charge in [0.25, 0.3) is 0 Å². The number of hydrogen-bond acceptors (Lipinski definition) is 4. The molecule has 0 aliphatic carbocycles. The monoisotopic (exact) mass is 311 g/mol. The summed E-state index contributed by atoms with van der Waals surface area (Å²) in [5.74, 6) is 0.287. The summed E-state index contributed by atoms with van der Waals surface area (Å²) in [6, 6.07) is 0.330. The van der Waals surface area contributed by atoms with Gasteiger partial charge >= 0.3 is 0 Å². The van der Waals surface area contributed by atoms with E-state index < -0.39 is 0 Å². The van der Waals surface area contributed by atoms with Crippen molar-refractivity contribution in [3.8, 4) is 0 Å². The number of carbonyl (C=O) groups excluding carboxylic acids is 1. The van der Waals surface area contributed by atoms with Gasteiger partial charge in [0.2, 0.25) is 5.91 Å². The molecule has 0 aromatic heterocycles. The Morgan fingerprint density at radius 3 is 2.73 bits per heavy atom. The van der Waals surface area contributed by atoms with Crippen LogP contribution < -0.4 is 0 Å². The predicted molar refractivity (Wildman–Crippen MR) is 89.0 cm³/mol. The Labute approximate surface area is 135 Å². The number of carbonyl (C=O) groups is 1. The summed E-state index contributed by atoms with van der Waals surface area (Å²) < 4.78 is 5.79. The van der Waals surface area contributed by atoms with Gasteiger partial charge in [0.05, 0.1) is 12.1 Å². The average Bonchev–Trinajstić information content (AvgIpc) is 2.63. The van der Waals surface area contributed by atoms with Crippen molar-refractivity contribution in [2.75, 3.05) is 52.9 Å². The van der Waals surface area contributed by atoms with Gasteiger partial charge in [-0.3, -0.25) is 9.69 Å². The summed E-state index contributed by atoms with van der Waals surface area (Å²) in [7, 11) is 2.16. The van der Waals surface area contributed by atoms with Gasteiger partial charge in [0, 0.05) is 32.3 Å². The van der Waals surface area contributed by atoms with Crippen molar-refractivity contribution < 1.29 is 9.53 Å². The van der Waals surface area contributed by atoms with Crippen LogP contribution >= 0.6 is 0 Å². The largest absolute Gasteiger partial charge is 0.375 e. The van der Waals surface area contributed by atoms with Gasteiger partial charge in [-0.2, -0.15) is 0 Å². The molecular weight excluding hydrogens is 278 g/mol. The molecule has 1 atom stereocenters. The topological polar surface area (TPSA) is 36.0 Å². The second-order valence-corrected chi connectivity index (χ2v) is 7.37. The van der Waals surface area contributed by atoms with Crippen molar-refractivity contribution >= 4 is 5.91 Å². The van der Waals surface area contributed by atoms with E-state index in [1.165, 1.54) is 0 Å². The molecule has 0 saturated carbocycles. The summed E-state index contributed by atoms with van der Waals surface area (Å²) in [6.45, 7) is 12.7. The maximum absolute atomic E-state index is 12.8. The Morgan fingerprint density at radius 1 is 1.27 bits per heavy atom. The highest BCUT2D eigenvalue weighted by Crippen LogP contribution is 2.27. The van der Waals surface area contributed by atoms with E-state index in [0.717, 1.165) is 58.6 Å². The molecule has 0 N–H and O–H groups in total. The Bertz CT molecular complexity index is 373. The third kappa shape index (κ3) is 4.93. The number of rotatable bonds is 4. The molecule has 2 fully saturated rings. The number of nitrogens with zero attached hydrogens (tertiary/aromatic N) is 3. The number of likely N-dealkylation sites (N-methyl/N-ethyl adjacent to an activating group) is 2. The van der Waals surface area contributed by atoms with Crippen molar-refractivity contribution in [1.82, 2.24) is 14.7 Å². The molecule has 5 heteroatoms. The second-order valence-electron chi connectivity index (χ2n) is 7.37. The summed E-state index contributed by atoms with van der Waals surface area (Å²) in [5, 5.41) is 0. The van der Waals surface area contributed by atoms with Crippen LogP contribution in [-0.2, 0) is 9.53 Å². The molecule has 0 bridgehead atoms. The standard InChI is InChI=1S/C17H33N3O2/c1-5-20(15-7-12-22-17(2,3)13-15)16(21)14-19-9-6-8-18(4)10-11-19/h15H,5-14H2,1-4H3/t15-/m1/s1. The first-order valence-electron chi connectivity index (χ1n) is 8.75. The number of amides is 1. The van der Waals surface area contributed by atoms with Crippen LogP contribution in [0.25, 0.3) is 0 Å². The molecule has 2 rings (SSSR count). The molecule has 2 aliphatic rings. The first-order chi connectivity index (χ1) is 10.4. The first-order valence-corrected chi connectivity index (χ1v) is 8.75. The van der Waals surface area contributed by atoms with Gasteiger partial charge < -0.3 is 14.5 Å². The molecule has 0 aromatic carbocycles. The van der Waals surface area contributed by atoms with Gasteiger partial charge in [-0.1, -0.05) is 0 Å². The van der Waals surface area contributed by atoms with Crippen molar-refractivity contribution in [2.24, 2.45) is 0 Å². The van der Waals surface area contributed by atoms with E-state index in [1.807, 2.05) is 0 Å². The summed E-state index contributed by atoms with van der Waals surface area (Å²) in [5.41, 5.74) is -0.109. The van der Waals surface area contributed by atoms with E-state index in [-0.39, 0.29) is 11.5 Å². The molecule has 2 aliphatic heterocycles. The van der Waals surface area contributed by atoms with Crippen molar-refractivity contribution in [1.29, 1.82) is 0 Å². The molecule has 0 unspecified atom stereocenters. The van der Waals surface area contributed by atoms with Crippen molar-refractivity contribution in [3.05, 3.63) is 0 Å². The third-order valence-electron chi connectivity index (χ3n) is 4.94. The minimum absolute atomic E-state index is 0.109. The first kappa shape index (κ1) is 17.7. The highest BCUT2D eigenvalue weighted by Gasteiger charge is 2.34. The molecule has 2 heterocycles. The quantitative estimate of drug-likeness (QED) is 0.787. The lowest BCUT2D eigenvalue weighted by molar-refractivity contribution is -0.141. The summed E-state index contributed by atoms with van der Waals surface area (Å²) in [6.07, 6.45) is 3.06. The average molecular weight is 311 g/mol. The molecule has 128 valence electrons. The van der Waals surface area contributed by atoms with Crippen LogP contribution in [0.4, 0.5) is 0 Å². The lowest BCUT2D eigenvalue weighted by atomic mass is 9.92. The Hall–Kier alpha value is -0.650. The molecule has 2 saturated heterocycles. The van der Waals surface area contributed by atoms with Crippen LogP contribution in [0.3, 0.4) is 0 Å². The predicted octanol–water partition coefficient (Wildman–Crippen LogP) is 1.43. The zero-order valence-electron chi connectivity index (χ0n) is 14.8. The zero-order valence-corrected chi connectivity index (χ0v) is 14.8. The van der Waals surface area contributed by atoms with E-state index in [4.69, 9.17) is 4.74 Å². The highest BCUT2D eigenvalue weighted by atomic mass is 16.5. The molecule has 0 aromatic rings. The van der Waals surface area contributed by atoms with E-state index in [2.05, 4.69) is 42.5 Å². The normalized spacial score (nSPS) is 27.4. The molecule has 5 nitrogen and oxygen atoms in total. The van der Waals surface area contributed by atoms with Gasteiger partial charge in [0.15, 0.2) is 0 Å². The van der Waals surface area contributed by atoms with Gasteiger partial charge in [-0.05, 0) is 60.2 Å². The molecule has 0 spiro atoms. The molecule has 0 radical (unpaired) electrons. The van der Waals surface area contributed by atoms with Crippen LogP contribution in [-0.4, -0.2) is 85.2 Å². The minimum Gasteiger partial charge on any atom is -0.375 e. The summed E-state index contributed by atoms with van der Waals surface area (Å²) in [4.78, 5) is 19.5. The third-order valence-corrected chi connectivity index (χ3v) is 4.94. The highest BCUT2D eigenvalue weighted by molar-refractivity contribution is 5.78. The van der Waals surface area contributed by atoms with Crippen LogP contribution in [0.2, 0.25) is 0 Å². The smallest absolute Gasteiger partial charge is 0.236 e. The van der Waals surface area contributed by atoms with Crippen molar-refractivity contribution in [2.45, 2.75) is 51.7 Å². The number of hydrogen-bond donors (Lipinski definition) is 0. The van der Waals surface area contributed by atoms with Crippen molar-refractivity contribution in [3.63, 3.8) is 0 Å². The van der Waals surface area contributed by atoms with Gasteiger partial charge in [0.1, 0.15) is 0 Å². The Morgan fingerprint density at radius 2 is 2.05 bits per heavy atom. The van der Waals surface area contributed by atoms with Crippen LogP contribution in [0.5, 0.6) is 0 Å². The second kappa shape index (κ2) is 7.75. The van der Waals surface area contributed by atoms with E-state index in [1.54, 1.807) is 0 Å². The van der Waals surface area contributed by atoms with Crippen LogP contribution in [0, 0.1) is 0 Å². The fraction of sp³-hybridized carbons (Fsp3) is 0.941. The summed E-state index contributed by atoms with van der Waals surface area (Å²) >= 11 is 0. The maximum Gasteiger partial charge on any atom is 0.236 e. The number of ether oxygens (including phenoxy) is 1. The van der Waals surface area contributed by atoms with Gasteiger partial charge in [-0.15, -0.1) is 0 Å². The Kier molecular flexibility index (Phi) is 6.24. The van der Waals surface area contributed by atoms with E-state index in [0.29, 0.717) is 12.6 Å². The Balaban J connectivity index is 1.91. The molecular formula is C17H33N3O2. The molecule has 22 heavy (non-hydrogen) atoms. The lowest BCUT2D eigenvalue weighted by Gasteiger charge is -2.41. The SMILES string of the molecule is CCN(C(=O)CN1CCCN(C)CC1)[C@@H]1CCOC(C)(C)C1. The minimum atomic E-state index is -0.109. The van der Waals surface area contributed by atoms with Crippen LogP contribution in [0.15, 0.2) is 0 Å². The molecule has 1 amide bonds. The van der Waals surface area contributed by atoms with E-state index in [9.17, 15) is 4.79 Å². The zero-order chi connectivity index (χ0) is 16.2. The fourth-order valence-corrected chi connectivity index (χ4v) is 3.64. The lowest BCUT2D eigenvalue weighted by Crippen LogP contribution is -2.51. The van der Waals surface area contributed by atoms with Crippen LogP contribution in [0.1, 0.15) is 40.0 Å². The fourth-order valence-electron chi connectivity index (χ4n) is 3.64. The van der Waals surface area contributed by atoms with E-state index >= 15 is 0 Å². The van der Waals surface area contributed by atoms with Gasteiger partial charge in [-0.25, -0.2) is 0 Å². The maximum atomic E-state index is 12.8.